The molecule has 27 heavy (non-hydrogen) atoms. The van der Waals surface area contributed by atoms with Crippen molar-refractivity contribution in [2.75, 3.05) is 46.4 Å². The molecular weight excluding hydrogens is 356 g/mol. The Bertz CT molecular complexity index is 746. The van der Waals surface area contributed by atoms with Gasteiger partial charge in [0.05, 0.1) is 12.2 Å². The molecule has 2 heterocycles. The van der Waals surface area contributed by atoms with E-state index in [9.17, 15) is 8.78 Å². The normalized spacial score (nSPS) is 15.8. The molecule has 0 amide bonds. The number of aromatic nitrogens is 1. The van der Waals surface area contributed by atoms with Gasteiger partial charge in [0.15, 0.2) is 17.6 Å². The highest BCUT2D eigenvalue weighted by Crippen LogP contribution is 2.15. The molecule has 1 aliphatic rings. The van der Waals surface area contributed by atoms with E-state index in [4.69, 9.17) is 9.26 Å². The molecule has 9 heteroatoms. The minimum Gasteiger partial charge on any atom is -0.492 e. The number of guanidine groups is 1. The van der Waals surface area contributed by atoms with Gasteiger partial charge in [0.2, 0.25) is 0 Å². The van der Waals surface area contributed by atoms with E-state index in [2.05, 4.69) is 25.3 Å². The molecule has 1 aromatic heterocycles. The number of hydrogen-bond donors (Lipinski definition) is 1. The van der Waals surface area contributed by atoms with Gasteiger partial charge in [0.1, 0.15) is 18.6 Å². The van der Waals surface area contributed by atoms with Gasteiger partial charge in [-0.05, 0) is 12.1 Å². The summed E-state index contributed by atoms with van der Waals surface area (Å²) in [7, 11) is 1.74. The highest BCUT2D eigenvalue weighted by Gasteiger charge is 2.20. The van der Waals surface area contributed by atoms with Crippen molar-refractivity contribution in [3.63, 3.8) is 0 Å². The molecule has 0 atom stereocenters. The number of nitrogens with zero attached hydrogens (tertiary/aromatic N) is 4. The van der Waals surface area contributed by atoms with Gasteiger partial charge in [0, 0.05) is 51.9 Å². The van der Waals surface area contributed by atoms with E-state index in [0.29, 0.717) is 18.9 Å². The highest BCUT2D eigenvalue weighted by molar-refractivity contribution is 5.80. The molecule has 0 aliphatic carbocycles. The summed E-state index contributed by atoms with van der Waals surface area (Å²) in [6, 6.07) is 5.37. The first-order valence-corrected chi connectivity index (χ1v) is 8.81. The summed E-state index contributed by atoms with van der Waals surface area (Å²) >= 11 is 0. The van der Waals surface area contributed by atoms with Crippen LogP contribution in [0.25, 0.3) is 0 Å². The number of nitrogens with one attached hydrogen (secondary N) is 1. The van der Waals surface area contributed by atoms with Crippen molar-refractivity contribution in [1.82, 2.24) is 20.3 Å². The molecule has 0 radical (unpaired) electrons. The van der Waals surface area contributed by atoms with Crippen molar-refractivity contribution in [3.05, 3.63) is 47.9 Å². The number of halogens is 2. The van der Waals surface area contributed by atoms with Crippen LogP contribution in [0.2, 0.25) is 0 Å². The van der Waals surface area contributed by atoms with Crippen molar-refractivity contribution in [3.8, 4) is 5.75 Å². The minimum absolute atomic E-state index is 0.298. The first kappa shape index (κ1) is 19.1. The standard InChI is InChI=1S/C18H23F2N5O2/c1-21-18(22-5-11-26-15-2-3-16(19)17(20)12-15)25-8-6-24(7-9-25)13-14-4-10-27-23-14/h2-4,10,12H,5-9,11,13H2,1H3,(H,21,22). The summed E-state index contributed by atoms with van der Waals surface area (Å²) in [4.78, 5) is 8.79. The maximum atomic E-state index is 13.2. The first-order chi connectivity index (χ1) is 13.2. The van der Waals surface area contributed by atoms with Crippen LogP contribution in [0, 0.1) is 11.6 Å². The topological polar surface area (TPSA) is 66.1 Å². The van der Waals surface area contributed by atoms with Crippen LogP contribution in [0.15, 0.2) is 40.0 Å². The molecular formula is C18H23F2N5O2. The Morgan fingerprint density at radius 1 is 1.22 bits per heavy atom. The maximum Gasteiger partial charge on any atom is 0.193 e. The Balaban J connectivity index is 1.38. The van der Waals surface area contributed by atoms with E-state index in [1.807, 2.05) is 6.07 Å². The number of rotatable bonds is 6. The van der Waals surface area contributed by atoms with Crippen LogP contribution in [0.1, 0.15) is 5.69 Å². The molecule has 1 fully saturated rings. The number of aliphatic imine (C=N–C) groups is 1. The Morgan fingerprint density at radius 3 is 2.70 bits per heavy atom. The Labute approximate surface area is 156 Å². The largest absolute Gasteiger partial charge is 0.492 e. The Kier molecular flexibility index (Phi) is 6.59. The third-order valence-corrected chi connectivity index (χ3v) is 4.31. The van der Waals surface area contributed by atoms with Crippen LogP contribution in [-0.4, -0.2) is 67.3 Å². The summed E-state index contributed by atoms with van der Waals surface area (Å²) in [5.41, 5.74) is 0.931. The quantitative estimate of drug-likeness (QED) is 0.468. The SMILES string of the molecule is CN=C(NCCOc1ccc(F)c(F)c1)N1CCN(Cc2ccon2)CC1. The van der Waals surface area contributed by atoms with Crippen LogP contribution in [0.5, 0.6) is 5.75 Å². The minimum atomic E-state index is -0.917. The van der Waals surface area contributed by atoms with E-state index in [0.717, 1.165) is 56.5 Å². The van der Waals surface area contributed by atoms with Crippen molar-refractivity contribution >= 4 is 5.96 Å². The lowest BCUT2D eigenvalue weighted by Crippen LogP contribution is -2.52. The van der Waals surface area contributed by atoms with Crippen LogP contribution in [0.3, 0.4) is 0 Å². The predicted molar refractivity (Wildman–Crippen MR) is 96.6 cm³/mol. The summed E-state index contributed by atoms with van der Waals surface area (Å²) in [5, 5.41) is 7.17. The van der Waals surface area contributed by atoms with Gasteiger partial charge in [0.25, 0.3) is 0 Å². The molecule has 1 N–H and O–H groups in total. The van der Waals surface area contributed by atoms with E-state index in [1.165, 1.54) is 6.07 Å². The molecule has 3 rings (SSSR count). The van der Waals surface area contributed by atoms with Gasteiger partial charge >= 0.3 is 0 Å². The molecule has 0 unspecified atom stereocenters. The molecule has 1 aromatic carbocycles. The first-order valence-electron chi connectivity index (χ1n) is 8.81. The fraction of sp³-hybridized carbons (Fsp3) is 0.444. The summed E-state index contributed by atoms with van der Waals surface area (Å²) in [6.45, 7) is 5.10. The zero-order valence-corrected chi connectivity index (χ0v) is 15.2. The van der Waals surface area contributed by atoms with Crippen LogP contribution in [-0.2, 0) is 6.54 Å². The van der Waals surface area contributed by atoms with E-state index >= 15 is 0 Å². The van der Waals surface area contributed by atoms with Gasteiger partial charge in [-0.3, -0.25) is 9.89 Å². The molecule has 0 saturated carbocycles. The van der Waals surface area contributed by atoms with E-state index < -0.39 is 11.6 Å². The molecule has 0 bridgehead atoms. The highest BCUT2D eigenvalue weighted by atomic mass is 19.2. The van der Waals surface area contributed by atoms with Crippen molar-refractivity contribution < 1.29 is 18.0 Å². The molecule has 1 saturated heterocycles. The lowest BCUT2D eigenvalue weighted by molar-refractivity contribution is 0.168. The Morgan fingerprint density at radius 2 is 2.04 bits per heavy atom. The molecule has 7 nitrogen and oxygen atoms in total. The zero-order chi connectivity index (χ0) is 19.1. The third-order valence-electron chi connectivity index (χ3n) is 4.31. The number of benzene rings is 1. The van der Waals surface area contributed by atoms with Gasteiger partial charge in [-0.25, -0.2) is 8.78 Å². The predicted octanol–water partition coefficient (Wildman–Crippen LogP) is 1.72. The van der Waals surface area contributed by atoms with Crippen LogP contribution in [0.4, 0.5) is 8.78 Å². The van der Waals surface area contributed by atoms with Gasteiger partial charge in [-0.15, -0.1) is 0 Å². The second-order valence-electron chi connectivity index (χ2n) is 6.15. The second kappa shape index (κ2) is 9.31. The fourth-order valence-electron chi connectivity index (χ4n) is 2.90. The molecule has 2 aromatic rings. The van der Waals surface area contributed by atoms with E-state index in [1.54, 1.807) is 13.3 Å². The second-order valence-corrected chi connectivity index (χ2v) is 6.15. The smallest absolute Gasteiger partial charge is 0.193 e. The van der Waals surface area contributed by atoms with Crippen molar-refractivity contribution in [2.45, 2.75) is 6.54 Å². The van der Waals surface area contributed by atoms with Crippen LogP contribution >= 0.6 is 0 Å². The lowest BCUT2D eigenvalue weighted by Gasteiger charge is -2.36. The van der Waals surface area contributed by atoms with Gasteiger partial charge < -0.3 is 19.5 Å². The number of piperazine rings is 1. The summed E-state index contributed by atoms with van der Waals surface area (Å²) < 4.78 is 36.4. The lowest BCUT2D eigenvalue weighted by atomic mass is 10.3. The molecule has 1 aliphatic heterocycles. The maximum absolute atomic E-state index is 13.2. The molecule has 0 spiro atoms. The Hall–Kier alpha value is -2.68. The van der Waals surface area contributed by atoms with Crippen molar-refractivity contribution in [2.24, 2.45) is 4.99 Å². The number of hydrogen-bond acceptors (Lipinski definition) is 5. The van der Waals surface area contributed by atoms with Crippen LogP contribution < -0.4 is 10.1 Å². The zero-order valence-electron chi connectivity index (χ0n) is 15.2. The van der Waals surface area contributed by atoms with Gasteiger partial charge in [-0.1, -0.05) is 5.16 Å². The number of ether oxygens (including phenoxy) is 1. The fourth-order valence-corrected chi connectivity index (χ4v) is 2.90. The average Bonchev–Trinajstić information content (AvgIpc) is 3.18. The van der Waals surface area contributed by atoms with Gasteiger partial charge in [-0.2, -0.15) is 0 Å². The van der Waals surface area contributed by atoms with E-state index in [-0.39, 0.29) is 0 Å². The third kappa shape index (κ3) is 5.40. The molecule has 146 valence electrons. The summed E-state index contributed by atoms with van der Waals surface area (Å²) in [5.74, 6) is -0.708. The van der Waals surface area contributed by atoms with Crippen molar-refractivity contribution in [1.29, 1.82) is 0 Å². The monoisotopic (exact) mass is 379 g/mol. The average molecular weight is 379 g/mol. The summed E-state index contributed by atoms with van der Waals surface area (Å²) in [6.07, 6.45) is 1.58.